The zero-order chi connectivity index (χ0) is 5.41. The smallest absolute Gasteiger partial charge is 0.335 e. The van der Waals surface area contributed by atoms with Crippen LogP contribution in [0.3, 0.4) is 0 Å². The Kier molecular flexibility index (Phi) is 78.6. The van der Waals surface area contributed by atoms with E-state index in [2.05, 4.69) is 0 Å². The van der Waals surface area contributed by atoms with Crippen molar-refractivity contribution in [1.29, 1.82) is 0 Å². The van der Waals surface area contributed by atoms with E-state index in [9.17, 15) is 0 Å². The fourth-order valence-electron chi connectivity index (χ4n) is 0. The molecule has 0 rings (SSSR count). The van der Waals surface area contributed by atoms with E-state index in [4.69, 9.17) is 0 Å². The SMILES string of the molecule is C[CH-]C.C[CH-]C.[Be+2]. The van der Waals surface area contributed by atoms with Gasteiger partial charge in [-0.3, -0.25) is 0 Å². The Morgan fingerprint density at radius 1 is 0.714 bits per heavy atom. The van der Waals surface area contributed by atoms with Crippen molar-refractivity contribution in [2.24, 2.45) is 0 Å². The van der Waals surface area contributed by atoms with E-state index < -0.39 is 0 Å². The fraction of sp³-hybridized carbons (Fsp3) is 0.667. The molecule has 0 N–H and O–H groups in total. The summed E-state index contributed by atoms with van der Waals surface area (Å²) in [6.45, 7) is 8.00. The maximum atomic E-state index is 2.00. The van der Waals surface area contributed by atoms with Crippen molar-refractivity contribution in [2.75, 3.05) is 0 Å². The van der Waals surface area contributed by atoms with Crippen molar-refractivity contribution in [2.45, 2.75) is 27.7 Å². The van der Waals surface area contributed by atoms with Gasteiger partial charge in [-0.25, -0.2) is 0 Å². The molecule has 0 aromatic carbocycles. The predicted octanol–water partition coefficient (Wildman–Crippen LogP) is 2.08. The van der Waals surface area contributed by atoms with Crippen LogP contribution in [0.5, 0.6) is 0 Å². The number of hydrogen-bond acceptors (Lipinski definition) is 0. The first-order valence-corrected chi connectivity index (χ1v) is 2.31. The summed E-state index contributed by atoms with van der Waals surface area (Å²) in [6.07, 6.45) is 4.00. The minimum atomic E-state index is 0. The van der Waals surface area contributed by atoms with Gasteiger partial charge in [-0.2, -0.15) is 27.7 Å². The normalized spacial score (nSPS) is 5.14. The van der Waals surface area contributed by atoms with E-state index in [-0.39, 0.29) is 10.1 Å². The topological polar surface area (TPSA) is 0 Å². The van der Waals surface area contributed by atoms with Crippen LogP contribution in [-0.2, 0) is 0 Å². The monoisotopic (exact) mass is 95.1 g/mol. The van der Waals surface area contributed by atoms with Gasteiger partial charge >= 0.3 is 10.1 Å². The molecule has 0 aromatic rings. The predicted molar refractivity (Wildman–Crippen MR) is 37.0 cm³/mol. The molecule has 0 nitrogen and oxygen atoms in total. The molecule has 0 spiro atoms. The zero-order valence-electron chi connectivity index (χ0n) is 5.86. The summed E-state index contributed by atoms with van der Waals surface area (Å²) in [5, 5.41) is 0. The third-order valence-corrected chi connectivity index (χ3v) is 0. The molecule has 0 bridgehead atoms. The van der Waals surface area contributed by atoms with Gasteiger partial charge in [0.05, 0.1) is 0 Å². The van der Waals surface area contributed by atoms with Gasteiger partial charge in [0.25, 0.3) is 0 Å². The molecule has 0 unspecified atom stereocenters. The van der Waals surface area contributed by atoms with Crippen LogP contribution in [0.2, 0.25) is 0 Å². The summed E-state index contributed by atoms with van der Waals surface area (Å²) in [6, 6.07) is 0. The average molecular weight is 95.2 g/mol. The van der Waals surface area contributed by atoms with Crippen LogP contribution in [0.15, 0.2) is 0 Å². The second-order valence-corrected chi connectivity index (χ2v) is 1.15. The van der Waals surface area contributed by atoms with Crippen molar-refractivity contribution in [1.82, 2.24) is 0 Å². The Bertz CT molecular complexity index is 6.14. The van der Waals surface area contributed by atoms with E-state index in [1.165, 1.54) is 0 Å². The third kappa shape index (κ3) is 3760. The van der Waals surface area contributed by atoms with Crippen molar-refractivity contribution < 1.29 is 0 Å². The van der Waals surface area contributed by atoms with E-state index in [0.29, 0.717) is 0 Å². The minimum absolute atomic E-state index is 0. The maximum absolute atomic E-state index is 2.00. The molecule has 0 aliphatic rings. The summed E-state index contributed by atoms with van der Waals surface area (Å²) < 4.78 is 0. The first-order chi connectivity index (χ1) is 2.83. The van der Waals surface area contributed by atoms with Crippen LogP contribution >= 0.6 is 0 Å². The van der Waals surface area contributed by atoms with Crippen LogP contribution < -0.4 is 0 Å². The maximum Gasteiger partial charge on any atom is 2.00 e. The van der Waals surface area contributed by atoms with Crippen LogP contribution in [-0.4, -0.2) is 10.1 Å². The molecule has 7 heavy (non-hydrogen) atoms. The van der Waals surface area contributed by atoms with Gasteiger partial charge in [0.2, 0.25) is 0 Å². The Labute approximate surface area is 51.5 Å². The molecule has 0 atom stereocenters. The van der Waals surface area contributed by atoms with E-state index in [1.54, 1.807) is 0 Å². The van der Waals surface area contributed by atoms with Crippen molar-refractivity contribution in [3.8, 4) is 0 Å². The summed E-state index contributed by atoms with van der Waals surface area (Å²) in [5.41, 5.74) is 0. The van der Waals surface area contributed by atoms with Gasteiger partial charge in [0.15, 0.2) is 0 Å². The molecule has 0 aliphatic carbocycles. The summed E-state index contributed by atoms with van der Waals surface area (Å²) in [4.78, 5) is 0. The third-order valence-electron chi connectivity index (χ3n) is 0. The standard InChI is InChI=1S/2C3H7.Be/c2*1-3-2;/h2*3H,1-2H3;/q2*-1;+2. The zero-order valence-corrected chi connectivity index (χ0v) is 5.86. The summed E-state index contributed by atoms with van der Waals surface area (Å²) in [5.74, 6) is 0. The largest absolute Gasteiger partial charge is 2.00 e. The molecule has 0 heterocycles. The molecule has 0 radical (unpaired) electrons. The van der Waals surface area contributed by atoms with Gasteiger partial charge < -0.3 is 12.8 Å². The summed E-state index contributed by atoms with van der Waals surface area (Å²) >= 11 is 0. The van der Waals surface area contributed by atoms with Crippen molar-refractivity contribution in [3.05, 3.63) is 12.8 Å². The van der Waals surface area contributed by atoms with Gasteiger partial charge in [0.1, 0.15) is 0 Å². The molecular formula is C6H14Be. The molecule has 0 fully saturated rings. The quantitative estimate of drug-likeness (QED) is 0.319. The molecule has 0 aromatic heterocycles. The number of hydrogen-bond donors (Lipinski definition) is 0. The first-order valence-electron chi connectivity index (χ1n) is 2.31. The second-order valence-electron chi connectivity index (χ2n) is 1.15. The van der Waals surface area contributed by atoms with Gasteiger partial charge in [-0.05, 0) is 0 Å². The minimum Gasteiger partial charge on any atom is -0.335 e. The van der Waals surface area contributed by atoms with Crippen LogP contribution in [0.25, 0.3) is 0 Å². The van der Waals surface area contributed by atoms with Crippen molar-refractivity contribution >= 4 is 10.1 Å². The Balaban J connectivity index is -0.0000000400. The first kappa shape index (κ1) is 15.7. The van der Waals surface area contributed by atoms with E-state index in [0.717, 1.165) is 0 Å². The average Bonchev–Trinajstić information content (AvgIpc) is 1.39. The molecule has 0 saturated carbocycles. The Morgan fingerprint density at radius 2 is 0.714 bits per heavy atom. The van der Waals surface area contributed by atoms with Crippen molar-refractivity contribution in [3.63, 3.8) is 0 Å². The van der Waals surface area contributed by atoms with Crippen LogP contribution in [0.1, 0.15) is 27.7 Å². The molecule has 40 valence electrons. The van der Waals surface area contributed by atoms with Crippen LogP contribution in [0, 0.1) is 12.8 Å². The molecule has 0 aliphatic heterocycles. The van der Waals surface area contributed by atoms with Gasteiger partial charge in [0, 0.05) is 0 Å². The van der Waals surface area contributed by atoms with E-state index >= 15 is 0 Å². The molecule has 0 saturated heterocycles. The fourth-order valence-corrected chi connectivity index (χ4v) is 0. The summed E-state index contributed by atoms with van der Waals surface area (Å²) in [7, 11) is 0. The van der Waals surface area contributed by atoms with Gasteiger partial charge in [-0.1, -0.05) is 0 Å². The number of rotatable bonds is 0. The Hall–Kier alpha value is 0.169. The van der Waals surface area contributed by atoms with Gasteiger partial charge in [-0.15, -0.1) is 0 Å². The molecule has 1 heteroatoms. The van der Waals surface area contributed by atoms with Crippen LogP contribution in [0.4, 0.5) is 0 Å². The Morgan fingerprint density at radius 3 is 0.714 bits per heavy atom. The molecule has 0 amide bonds. The second kappa shape index (κ2) is 35.0. The molecular weight excluding hydrogens is 81.1 g/mol. The van der Waals surface area contributed by atoms with E-state index in [1.807, 2.05) is 40.5 Å².